The van der Waals surface area contributed by atoms with Crippen LogP contribution in [-0.4, -0.2) is 68.2 Å². The number of halogens is 2. The summed E-state index contributed by atoms with van der Waals surface area (Å²) < 4.78 is 5.67. The summed E-state index contributed by atoms with van der Waals surface area (Å²) in [5, 5.41) is 7.33. The number of ether oxygens (including phenoxy) is 1. The van der Waals surface area contributed by atoms with Crippen LogP contribution in [0.25, 0.3) is 0 Å². The first-order valence-corrected chi connectivity index (χ1v) is 12.7. The molecule has 1 amide bonds. The number of anilines is 5. The van der Waals surface area contributed by atoms with Crippen LogP contribution >= 0.6 is 23.2 Å². The van der Waals surface area contributed by atoms with Crippen LogP contribution in [0.5, 0.6) is 5.75 Å². The number of carbonyl (C=O) groups is 1. The number of aliphatic imine (C=N–C) groups is 1. The lowest BCUT2D eigenvalue weighted by atomic mass is 10.1. The van der Waals surface area contributed by atoms with Gasteiger partial charge in [-0.05, 0) is 24.3 Å². The van der Waals surface area contributed by atoms with E-state index in [2.05, 4.69) is 25.5 Å². The molecular formula is C25H24Cl2N8O2. The minimum absolute atomic E-state index is 0.338. The van der Waals surface area contributed by atoms with Crippen molar-refractivity contribution in [3.8, 4) is 5.75 Å². The van der Waals surface area contributed by atoms with Gasteiger partial charge in [-0.25, -0.2) is 9.88 Å². The van der Waals surface area contributed by atoms with Crippen molar-refractivity contribution in [1.82, 2.24) is 15.3 Å². The third kappa shape index (κ3) is 4.20. The number of amides is 1. The number of hydrogen-bond donors (Lipinski definition) is 2. The first-order valence-electron chi connectivity index (χ1n) is 11.9. The molecule has 3 aliphatic heterocycles. The molecule has 1 aromatic heterocycles. The van der Waals surface area contributed by atoms with E-state index in [1.807, 2.05) is 23.1 Å². The Morgan fingerprint density at radius 3 is 2.62 bits per heavy atom. The van der Waals surface area contributed by atoms with Gasteiger partial charge < -0.3 is 20.3 Å². The second-order valence-corrected chi connectivity index (χ2v) is 9.54. The normalized spacial score (nSPS) is 16.9. The number of nitrogens with zero attached hydrogens (tertiary/aromatic N) is 6. The fraction of sp³-hybridized carbons (Fsp3) is 0.280. The quantitative estimate of drug-likeness (QED) is 0.506. The number of para-hydroxylation sites is 1. The topological polar surface area (TPSA) is 98.2 Å². The maximum Gasteiger partial charge on any atom is 0.270 e. The fourth-order valence-corrected chi connectivity index (χ4v) is 5.35. The SMILES string of the molecule is COc1cc(Nc2ncc3c(n2)N2CCN=C2N(c2c(Cl)cccc2Cl)C3=O)ccc1N1CCNCC1. The summed E-state index contributed by atoms with van der Waals surface area (Å²) in [6, 6.07) is 11.0. The lowest BCUT2D eigenvalue weighted by Crippen LogP contribution is -2.51. The molecule has 12 heteroatoms. The molecule has 6 rings (SSSR count). The van der Waals surface area contributed by atoms with Crippen LogP contribution in [0.15, 0.2) is 47.6 Å². The van der Waals surface area contributed by atoms with Crippen LogP contribution < -0.4 is 30.1 Å². The summed E-state index contributed by atoms with van der Waals surface area (Å²) in [6.07, 6.45) is 1.52. The molecular weight excluding hydrogens is 515 g/mol. The Morgan fingerprint density at radius 1 is 1.08 bits per heavy atom. The number of rotatable bonds is 5. The molecule has 3 aromatic rings. The molecule has 3 aliphatic rings. The molecule has 0 radical (unpaired) electrons. The van der Waals surface area contributed by atoms with Crippen LogP contribution in [0.2, 0.25) is 10.0 Å². The molecule has 190 valence electrons. The smallest absolute Gasteiger partial charge is 0.270 e. The molecule has 2 aromatic carbocycles. The second kappa shape index (κ2) is 9.70. The fourth-order valence-electron chi connectivity index (χ4n) is 4.78. The van der Waals surface area contributed by atoms with Crippen molar-refractivity contribution in [3.05, 3.63) is 58.2 Å². The van der Waals surface area contributed by atoms with Gasteiger partial charge in [0.25, 0.3) is 5.91 Å². The van der Waals surface area contributed by atoms with Crippen LogP contribution in [0.1, 0.15) is 10.4 Å². The molecule has 0 bridgehead atoms. The van der Waals surface area contributed by atoms with E-state index in [-0.39, 0.29) is 5.91 Å². The lowest BCUT2D eigenvalue weighted by molar-refractivity contribution is 0.1000. The van der Waals surface area contributed by atoms with Crippen LogP contribution in [0.4, 0.5) is 28.8 Å². The number of piperazine rings is 1. The van der Waals surface area contributed by atoms with Gasteiger partial charge in [0.15, 0.2) is 5.82 Å². The molecule has 1 fully saturated rings. The Labute approximate surface area is 223 Å². The van der Waals surface area contributed by atoms with E-state index in [1.54, 1.807) is 25.3 Å². The molecule has 4 heterocycles. The zero-order valence-electron chi connectivity index (χ0n) is 20.0. The summed E-state index contributed by atoms with van der Waals surface area (Å²) in [5.41, 5.74) is 2.56. The summed E-state index contributed by atoms with van der Waals surface area (Å²) in [4.78, 5) is 32.9. The number of methoxy groups -OCH3 is 1. The first-order chi connectivity index (χ1) is 18.0. The van der Waals surface area contributed by atoms with Gasteiger partial charge in [-0.1, -0.05) is 29.3 Å². The summed E-state index contributed by atoms with van der Waals surface area (Å²) in [7, 11) is 1.66. The number of aromatic nitrogens is 2. The van der Waals surface area contributed by atoms with E-state index < -0.39 is 0 Å². The third-order valence-electron chi connectivity index (χ3n) is 6.53. The number of carbonyl (C=O) groups excluding carboxylic acids is 1. The second-order valence-electron chi connectivity index (χ2n) is 8.72. The van der Waals surface area contributed by atoms with Gasteiger partial charge >= 0.3 is 0 Å². The number of guanidine groups is 1. The van der Waals surface area contributed by atoms with Crippen molar-refractivity contribution in [2.75, 3.05) is 66.4 Å². The van der Waals surface area contributed by atoms with Crippen molar-refractivity contribution in [2.24, 2.45) is 4.99 Å². The minimum atomic E-state index is -0.338. The van der Waals surface area contributed by atoms with Crippen LogP contribution in [0, 0.1) is 0 Å². The first kappa shape index (κ1) is 23.8. The number of hydrogen-bond acceptors (Lipinski definition) is 9. The van der Waals surface area contributed by atoms with Gasteiger partial charge in [-0.15, -0.1) is 0 Å². The van der Waals surface area contributed by atoms with Gasteiger partial charge in [-0.2, -0.15) is 4.98 Å². The van der Waals surface area contributed by atoms with Gasteiger partial charge in [0.2, 0.25) is 11.9 Å². The van der Waals surface area contributed by atoms with Gasteiger partial charge in [0.05, 0.1) is 35.1 Å². The van der Waals surface area contributed by atoms with Gasteiger partial charge in [0, 0.05) is 50.7 Å². The van der Waals surface area contributed by atoms with Crippen molar-refractivity contribution in [3.63, 3.8) is 0 Å². The zero-order chi connectivity index (χ0) is 25.5. The van der Waals surface area contributed by atoms with Crippen molar-refractivity contribution < 1.29 is 9.53 Å². The number of fused-ring (bicyclic) bond motifs is 3. The Balaban J connectivity index is 1.31. The summed E-state index contributed by atoms with van der Waals surface area (Å²) in [6.45, 7) is 4.79. The third-order valence-corrected chi connectivity index (χ3v) is 7.14. The van der Waals surface area contributed by atoms with Crippen LogP contribution in [-0.2, 0) is 0 Å². The molecule has 10 nitrogen and oxygen atoms in total. The maximum absolute atomic E-state index is 13.6. The molecule has 0 unspecified atom stereocenters. The highest BCUT2D eigenvalue weighted by atomic mass is 35.5. The molecule has 37 heavy (non-hydrogen) atoms. The summed E-state index contributed by atoms with van der Waals surface area (Å²) in [5.74, 6) is 1.72. The summed E-state index contributed by atoms with van der Waals surface area (Å²) >= 11 is 12.9. The highest BCUT2D eigenvalue weighted by Crippen LogP contribution is 2.40. The molecule has 2 N–H and O–H groups in total. The zero-order valence-corrected chi connectivity index (χ0v) is 21.6. The monoisotopic (exact) mass is 538 g/mol. The predicted molar refractivity (Wildman–Crippen MR) is 146 cm³/mol. The Hall–Kier alpha value is -3.60. The van der Waals surface area contributed by atoms with Gasteiger partial charge in [-0.3, -0.25) is 14.7 Å². The lowest BCUT2D eigenvalue weighted by Gasteiger charge is -2.35. The van der Waals surface area contributed by atoms with Gasteiger partial charge in [0.1, 0.15) is 11.3 Å². The van der Waals surface area contributed by atoms with Crippen molar-refractivity contribution in [1.29, 1.82) is 0 Å². The van der Waals surface area contributed by atoms with E-state index in [1.165, 1.54) is 11.1 Å². The minimum Gasteiger partial charge on any atom is -0.495 e. The molecule has 0 atom stereocenters. The number of benzene rings is 2. The van der Waals surface area contributed by atoms with E-state index >= 15 is 0 Å². The van der Waals surface area contributed by atoms with E-state index in [9.17, 15) is 4.79 Å². The predicted octanol–water partition coefficient (Wildman–Crippen LogP) is 3.78. The number of nitrogens with one attached hydrogen (secondary N) is 2. The molecule has 1 saturated heterocycles. The standard InChI is InChI=1S/C25H24Cl2N8O2/c1-37-20-13-15(5-6-19(20)33-10-7-28-8-11-33)31-24-30-14-16-22(32-24)34-12-9-29-25(34)35(23(16)36)21-17(26)3-2-4-18(21)27/h2-6,13-14,28H,7-12H2,1H3,(H,30,31,32). The highest BCUT2D eigenvalue weighted by molar-refractivity contribution is 6.43. The van der Waals surface area contributed by atoms with E-state index in [0.29, 0.717) is 52.1 Å². The largest absolute Gasteiger partial charge is 0.495 e. The van der Waals surface area contributed by atoms with Crippen molar-refractivity contribution >= 4 is 63.9 Å². The average molecular weight is 539 g/mol. The average Bonchev–Trinajstić information content (AvgIpc) is 3.40. The van der Waals surface area contributed by atoms with Crippen LogP contribution in [0.3, 0.4) is 0 Å². The van der Waals surface area contributed by atoms with Crippen molar-refractivity contribution in [2.45, 2.75) is 0 Å². The van der Waals surface area contributed by atoms with E-state index in [4.69, 9.17) is 32.9 Å². The molecule has 0 spiro atoms. The molecule has 0 aliphatic carbocycles. The Kier molecular flexibility index (Phi) is 6.23. The Bertz CT molecular complexity index is 1390. The maximum atomic E-state index is 13.6. The highest BCUT2D eigenvalue weighted by Gasteiger charge is 2.41. The Morgan fingerprint density at radius 2 is 1.86 bits per heavy atom. The van der Waals surface area contributed by atoms with E-state index in [0.717, 1.165) is 43.3 Å². The molecule has 0 saturated carbocycles.